The number of anilines is 2. The number of nitrogens with zero attached hydrogens (tertiary/aromatic N) is 5. The molecule has 1 aromatic carbocycles. The van der Waals surface area contributed by atoms with Gasteiger partial charge >= 0.3 is 0 Å². The van der Waals surface area contributed by atoms with Gasteiger partial charge in [-0.05, 0) is 24.3 Å². The van der Waals surface area contributed by atoms with E-state index in [0.29, 0.717) is 11.5 Å². The summed E-state index contributed by atoms with van der Waals surface area (Å²) in [6.07, 6.45) is 5.14. The summed E-state index contributed by atoms with van der Waals surface area (Å²) in [6, 6.07) is 11.6. The van der Waals surface area contributed by atoms with E-state index in [0.717, 1.165) is 16.7 Å². The lowest BCUT2D eigenvalue weighted by atomic mass is 10.3. The molecule has 0 unspecified atom stereocenters. The van der Waals surface area contributed by atoms with Crippen molar-refractivity contribution in [1.29, 1.82) is 0 Å². The van der Waals surface area contributed by atoms with Crippen LogP contribution in [0.3, 0.4) is 0 Å². The van der Waals surface area contributed by atoms with E-state index in [-0.39, 0.29) is 0 Å². The molecule has 0 aliphatic rings. The van der Waals surface area contributed by atoms with Crippen LogP contribution in [0.5, 0.6) is 0 Å². The molecule has 0 atom stereocenters. The minimum atomic E-state index is 0.674. The van der Waals surface area contributed by atoms with E-state index in [9.17, 15) is 0 Å². The minimum Gasteiger partial charge on any atom is -0.337 e. The fourth-order valence-electron chi connectivity index (χ4n) is 2.16. The van der Waals surface area contributed by atoms with E-state index in [1.54, 1.807) is 18.7 Å². The van der Waals surface area contributed by atoms with Crippen molar-refractivity contribution < 1.29 is 0 Å². The summed E-state index contributed by atoms with van der Waals surface area (Å²) < 4.78 is 1.92. The maximum atomic E-state index is 4.62. The molecule has 0 aliphatic carbocycles. The molecule has 0 aliphatic heterocycles. The number of pyridine rings is 1. The molecule has 1 N–H and O–H groups in total. The SMILES string of the molecule is c1ccc2c(c1)nc(Nc1ccncc1)c1nncn12. The predicted octanol–water partition coefficient (Wildman–Crippen LogP) is 2.42. The maximum absolute atomic E-state index is 4.62. The Morgan fingerprint density at radius 3 is 2.75 bits per heavy atom. The van der Waals surface area contributed by atoms with Crippen LogP contribution in [0.1, 0.15) is 0 Å². The average molecular weight is 262 g/mol. The number of benzene rings is 1. The molecule has 0 radical (unpaired) electrons. The molecule has 3 aromatic heterocycles. The summed E-state index contributed by atoms with van der Waals surface area (Å²) in [7, 11) is 0. The molecule has 96 valence electrons. The molecule has 6 nitrogen and oxygen atoms in total. The fourth-order valence-corrected chi connectivity index (χ4v) is 2.16. The van der Waals surface area contributed by atoms with Gasteiger partial charge in [0.25, 0.3) is 0 Å². The highest BCUT2D eigenvalue weighted by atomic mass is 15.3. The van der Waals surface area contributed by atoms with Gasteiger partial charge in [-0.1, -0.05) is 12.1 Å². The molecule has 6 heteroatoms. The van der Waals surface area contributed by atoms with Gasteiger partial charge in [-0.25, -0.2) is 4.98 Å². The number of para-hydroxylation sites is 2. The van der Waals surface area contributed by atoms with E-state index < -0.39 is 0 Å². The van der Waals surface area contributed by atoms with Gasteiger partial charge in [0.15, 0.2) is 5.82 Å². The molecule has 3 heterocycles. The van der Waals surface area contributed by atoms with Crippen LogP contribution in [0.2, 0.25) is 0 Å². The number of hydrogen-bond acceptors (Lipinski definition) is 5. The summed E-state index contributed by atoms with van der Waals surface area (Å²) in [4.78, 5) is 8.61. The predicted molar refractivity (Wildman–Crippen MR) is 75.8 cm³/mol. The van der Waals surface area contributed by atoms with Gasteiger partial charge in [0.1, 0.15) is 6.33 Å². The third kappa shape index (κ3) is 1.66. The Labute approximate surface area is 114 Å². The third-order valence-electron chi connectivity index (χ3n) is 3.08. The zero-order valence-corrected chi connectivity index (χ0v) is 10.4. The third-order valence-corrected chi connectivity index (χ3v) is 3.08. The highest BCUT2D eigenvalue weighted by Gasteiger charge is 2.09. The average Bonchev–Trinajstić information content (AvgIpc) is 2.98. The van der Waals surface area contributed by atoms with Crippen LogP contribution in [0.25, 0.3) is 16.7 Å². The normalized spacial score (nSPS) is 11.0. The lowest BCUT2D eigenvalue weighted by molar-refractivity contribution is 1.11. The Bertz CT molecular complexity index is 884. The number of rotatable bonds is 2. The van der Waals surface area contributed by atoms with Crippen molar-refractivity contribution in [1.82, 2.24) is 24.6 Å². The molecular formula is C14H10N6. The quantitative estimate of drug-likeness (QED) is 0.601. The van der Waals surface area contributed by atoms with Crippen molar-refractivity contribution in [2.24, 2.45) is 0 Å². The summed E-state index contributed by atoms with van der Waals surface area (Å²) >= 11 is 0. The number of hydrogen-bond donors (Lipinski definition) is 1. The molecule has 0 fully saturated rings. The van der Waals surface area contributed by atoms with Gasteiger partial charge in [-0.15, -0.1) is 10.2 Å². The first kappa shape index (κ1) is 10.9. The maximum Gasteiger partial charge on any atom is 0.204 e. The summed E-state index contributed by atoms with van der Waals surface area (Å²) in [6.45, 7) is 0. The largest absolute Gasteiger partial charge is 0.337 e. The van der Waals surface area contributed by atoms with Gasteiger partial charge in [-0.2, -0.15) is 0 Å². The van der Waals surface area contributed by atoms with Crippen LogP contribution in [0.15, 0.2) is 55.1 Å². The van der Waals surface area contributed by atoms with Gasteiger partial charge in [-0.3, -0.25) is 9.38 Å². The van der Waals surface area contributed by atoms with E-state index in [4.69, 9.17) is 0 Å². The van der Waals surface area contributed by atoms with Crippen molar-refractivity contribution in [2.45, 2.75) is 0 Å². The van der Waals surface area contributed by atoms with E-state index >= 15 is 0 Å². The summed E-state index contributed by atoms with van der Waals surface area (Å²) in [5.74, 6) is 0.674. The second kappa shape index (κ2) is 4.27. The van der Waals surface area contributed by atoms with Crippen LogP contribution < -0.4 is 5.32 Å². The molecule has 0 amide bonds. The first-order chi connectivity index (χ1) is 9.92. The van der Waals surface area contributed by atoms with Crippen LogP contribution >= 0.6 is 0 Å². The Balaban J connectivity index is 1.95. The Morgan fingerprint density at radius 1 is 1.00 bits per heavy atom. The van der Waals surface area contributed by atoms with Crippen LogP contribution in [-0.4, -0.2) is 24.6 Å². The number of aromatic nitrogens is 5. The Hall–Kier alpha value is -3.02. The van der Waals surface area contributed by atoms with Crippen molar-refractivity contribution in [3.8, 4) is 0 Å². The zero-order chi connectivity index (χ0) is 13.4. The smallest absolute Gasteiger partial charge is 0.204 e. The lowest BCUT2D eigenvalue weighted by Crippen LogP contribution is -1.99. The standard InChI is InChI=1S/C14H10N6/c1-2-4-12-11(3-1)18-13(14-19-16-9-20(12)14)17-10-5-7-15-8-6-10/h1-9H,(H,15,17,18). The van der Waals surface area contributed by atoms with Crippen molar-refractivity contribution in [3.63, 3.8) is 0 Å². The van der Waals surface area contributed by atoms with Crippen LogP contribution in [0.4, 0.5) is 11.5 Å². The first-order valence-corrected chi connectivity index (χ1v) is 6.17. The molecule has 0 saturated heterocycles. The highest BCUT2D eigenvalue weighted by Crippen LogP contribution is 2.22. The lowest BCUT2D eigenvalue weighted by Gasteiger charge is -2.08. The molecule has 4 rings (SSSR count). The molecule has 4 aromatic rings. The molecule has 0 saturated carbocycles. The fraction of sp³-hybridized carbons (Fsp3) is 0. The molecular weight excluding hydrogens is 252 g/mol. The van der Waals surface area contributed by atoms with E-state index in [1.807, 2.05) is 40.8 Å². The number of nitrogens with one attached hydrogen (secondary N) is 1. The monoisotopic (exact) mass is 262 g/mol. The summed E-state index contributed by atoms with van der Waals surface area (Å²) in [5.41, 5.74) is 3.47. The van der Waals surface area contributed by atoms with Crippen molar-refractivity contribution in [3.05, 3.63) is 55.1 Å². The van der Waals surface area contributed by atoms with Crippen LogP contribution in [-0.2, 0) is 0 Å². The van der Waals surface area contributed by atoms with Gasteiger partial charge in [0.05, 0.1) is 11.0 Å². The molecule has 0 bridgehead atoms. The van der Waals surface area contributed by atoms with Crippen LogP contribution in [0, 0.1) is 0 Å². The van der Waals surface area contributed by atoms with Gasteiger partial charge < -0.3 is 5.32 Å². The summed E-state index contributed by atoms with van der Waals surface area (Å²) in [5, 5.41) is 11.4. The van der Waals surface area contributed by atoms with Gasteiger partial charge in [0.2, 0.25) is 5.65 Å². The minimum absolute atomic E-state index is 0.674. The van der Waals surface area contributed by atoms with Crippen molar-refractivity contribution >= 4 is 28.2 Å². The van der Waals surface area contributed by atoms with E-state index in [1.165, 1.54) is 0 Å². The topological polar surface area (TPSA) is 68.0 Å². The first-order valence-electron chi connectivity index (χ1n) is 6.17. The Morgan fingerprint density at radius 2 is 1.85 bits per heavy atom. The van der Waals surface area contributed by atoms with Crippen molar-refractivity contribution in [2.75, 3.05) is 5.32 Å². The molecule has 0 spiro atoms. The highest BCUT2D eigenvalue weighted by molar-refractivity contribution is 5.83. The zero-order valence-electron chi connectivity index (χ0n) is 10.4. The second-order valence-electron chi connectivity index (χ2n) is 4.33. The number of fused-ring (bicyclic) bond motifs is 3. The molecule has 20 heavy (non-hydrogen) atoms. The van der Waals surface area contributed by atoms with Gasteiger partial charge in [0, 0.05) is 18.1 Å². The van der Waals surface area contributed by atoms with E-state index in [2.05, 4.69) is 25.5 Å². The Kier molecular flexibility index (Phi) is 2.32. The second-order valence-corrected chi connectivity index (χ2v) is 4.33.